The highest BCUT2D eigenvalue weighted by Crippen LogP contribution is 2.16. The number of ether oxygens (including phenoxy) is 1. The summed E-state index contributed by atoms with van der Waals surface area (Å²) in [6.45, 7) is 1.86. The van der Waals surface area contributed by atoms with Crippen LogP contribution >= 0.6 is 0 Å². The summed E-state index contributed by atoms with van der Waals surface area (Å²) in [6, 6.07) is 4.74. The van der Waals surface area contributed by atoms with Gasteiger partial charge in [-0.05, 0) is 30.7 Å². The molecule has 0 heterocycles. The van der Waals surface area contributed by atoms with Crippen molar-refractivity contribution in [2.24, 2.45) is 0 Å². The van der Waals surface area contributed by atoms with Gasteiger partial charge >= 0.3 is 0 Å². The second-order valence-corrected chi connectivity index (χ2v) is 2.88. The van der Waals surface area contributed by atoms with Crippen molar-refractivity contribution in [3.63, 3.8) is 0 Å². The number of aromatic hydroxyl groups is 1. The number of ketones is 1. The Hall–Kier alpha value is -1.35. The maximum Gasteiger partial charge on any atom is 0.159 e. The lowest BCUT2D eigenvalue weighted by molar-refractivity contribution is 0.101. The minimum Gasteiger partial charge on any atom is -0.508 e. The molecule has 0 radical (unpaired) electrons. The topological polar surface area (TPSA) is 46.5 Å². The molecule has 0 saturated carbocycles. The Bertz CT molecular complexity index is 318. The van der Waals surface area contributed by atoms with Gasteiger partial charge in [-0.25, -0.2) is 0 Å². The number of phenols is 1. The second-order valence-electron chi connectivity index (χ2n) is 2.88. The van der Waals surface area contributed by atoms with Crippen molar-refractivity contribution in [3.8, 4) is 5.75 Å². The molecule has 0 aliphatic carbocycles. The predicted octanol–water partition coefficient (Wildman–Crippen LogP) is 1.74. The standard InChI is InChI=1S/C10H12O3/c1-7(11)9-3-8(6-13-2)4-10(12)5-9/h3-5,12H,6H2,1-2H3. The van der Waals surface area contributed by atoms with Gasteiger partial charge in [0.05, 0.1) is 6.61 Å². The largest absolute Gasteiger partial charge is 0.508 e. The monoisotopic (exact) mass is 180 g/mol. The Balaban J connectivity index is 3.03. The van der Waals surface area contributed by atoms with Crippen LogP contribution < -0.4 is 0 Å². The van der Waals surface area contributed by atoms with E-state index in [1.54, 1.807) is 19.2 Å². The normalized spacial score (nSPS) is 10.0. The molecule has 0 saturated heterocycles. The molecule has 0 aromatic heterocycles. The first-order valence-electron chi connectivity index (χ1n) is 3.96. The molecule has 0 fully saturated rings. The molecule has 3 heteroatoms. The van der Waals surface area contributed by atoms with Gasteiger partial charge < -0.3 is 9.84 Å². The number of rotatable bonds is 3. The molecule has 0 aliphatic heterocycles. The molecule has 0 aliphatic rings. The summed E-state index contributed by atoms with van der Waals surface area (Å²) in [5, 5.41) is 9.26. The van der Waals surface area contributed by atoms with Gasteiger partial charge in [0.1, 0.15) is 5.75 Å². The number of methoxy groups -OCH3 is 1. The zero-order valence-electron chi connectivity index (χ0n) is 7.70. The smallest absolute Gasteiger partial charge is 0.159 e. The minimum absolute atomic E-state index is 0.0618. The number of carbonyl (C=O) groups is 1. The van der Waals surface area contributed by atoms with E-state index in [0.717, 1.165) is 5.56 Å². The van der Waals surface area contributed by atoms with E-state index in [-0.39, 0.29) is 11.5 Å². The van der Waals surface area contributed by atoms with Gasteiger partial charge in [-0.1, -0.05) is 0 Å². The second kappa shape index (κ2) is 4.05. The summed E-state index contributed by atoms with van der Waals surface area (Å²) < 4.78 is 4.90. The van der Waals surface area contributed by atoms with E-state index in [9.17, 15) is 9.90 Å². The van der Waals surface area contributed by atoms with Crippen molar-refractivity contribution >= 4 is 5.78 Å². The van der Waals surface area contributed by atoms with E-state index < -0.39 is 0 Å². The molecule has 70 valence electrons. The average molecular weight is 180 g/mol. The van der Waals surface area contributed by atoms with Gasteiger partial charge in [0.2, 0.25) is 0 Å². The molecule has 1 aromatic rings. The van der Waals surface area contributed by atoms with Gasteiger partial charge in [0, 0.05) is 12.7 Å². The first-order chi connectivity index (χ1) is 6.13. The van der Waals surface area contributed by atoms with Crippen LogP contribution in [-0.4, -0.2) is 18.0 Å². The fourth-order valence-corrected chi connectivity index (χ4v) is 1.13. The van der Waals surface area contributed by atoms with E-state index in [0.29, 0.717) is 12.2 Å². The van der Waals surface area contributed by atoms with Crippen LogP contribution in [0.5, 0.6) is 5.75 Å². The quantitative estimate of drug-likeness (QED) is 0.721. The Morgan fingerprint density at radius 2 is 2.15 bits per heavy atom. The van der Waals surface area contributed by atoms with Crippen LogP contribution in [0.25, 0.3) is 0 Å². The average Bonchev–Trinajstić information content (AvgIpc) is 2.03. The Morgan fingerprint density at radius 3 is 2.69 bits per heavy atom. The third-order valence-electron chi connectivity index (χ3n) is 1.70. The lowest BCUT2D eigenvalue weighted by atomic mass is 10.1. The maximum atomic E-state index is 11.0. The van der Waals surface area contributed by atoms with Crippen LogP contribution in [0.1, 0.15) is 22.8 Å². The van der Waals surface area contributed by atoms with Gasteiger partial charge in [-0.15, -0.1) is 0 Å². The summed E-state index contributed by atoms with van der Waals surface area (Å²) >= 11 is 0. The van der Waals surface area contributed by atoms with Crippen LogP contribution in [0.4, 0.5) is 0 Å². The van der Waals surface area contributed by atoms with Gasteiger partial charge in [-0.2, -0.15) is 0 Å². The number of carbonyl (C=O) groups excluding carboxylic acids is 1. The SMILES string of the molecule is COCc1cc(O)cc(C(C)=O)c1. The zero-order valence-corrected chi connectivity index (χ0v) is 7.70. The van der Waals surface area contributed by atoms with Crippen molar-refractivity contribution in [3.05, 3.63) is 29.3 Å². The van der Waals surface area contributed by atoms with Gasteiger partial charge in [0.15, 0.2) is 5.78 Å². The molecule has 0 atom stereocenters. The number of benzene rings is 1. The van der Waals surface area contributed by atoms with Gasteiger partial charge in [-0.3, -0.25) is 4.79 Å². The molecule has 0 amide bonds. The van der Waals surface area contributed by atoms with Crippen LogP contribution in [0.3, 0.4) is 0 Å². The zero-order chi connectivity index (χ0) is 9.84. The van der Waals surface area contributed by atoms with Crippen LogP contribution in [0.2, 0.25) is 0 Å². The Kier molecular flexibility index (Phi) is 3.03. The summed E-state index contributed by atoms with van der Waals surface area (Å²) in [7, 11) is 1.57. The number of hydrogen-bond donors (Lipinski definition) is 1. The van der Waals surface area contributed by atoms with E-state index in [1.807, 2.05) is 0 Å². The molecule has 0 bridgehead atoms. The molecule has 1 aromatic carbocycles. The lowest BCUT2D eigenvalue weighted by Gasteiger charge is -2.03. The van der Waals surface area contributed by atoms with E-state index >= 15 is 0 Å². The van der Waals surface area contributed by atoms with Crippen LogP contribution in [-0.2, 0) is 11.3 Å². The van der Waals surface area contributed by atoms with E-state index in [2.05, 4.69) is 0 Å². The fourth-order valence-electron chi connectivity index (χ4n) is 1.13. The first-order valence-corrected chi connectivity index (χ1v) is 3.96. The summed E-state index contributed by atoms with van der Waals surface area (Å²) in [4.78, 5) is 11.0. The Morgan fingerprint density at radius 1 is 1.46 bits per heavy atom. The van der Waals surface area contributed by atoms with E-state index in [4.69, 9.17) is 4.74 Å². The first kappa shape index (κ1) is 9.74. The molecule has 0 spiro atoms. The van der Waals surface area contributed by atoms with Crippen molar-refractivity contribution in [1.82, 2.24) is 0 Å². The van der Waals surface area contributed by atoms with Crippen molar-refractivity contribution in [2.75, 3.05) is 7.11 Å². The van der Waals surface area contributed by atoms with Crippen molar-refractivity contribution < 1.29 is 14.6 Å². The highest BCUT2D eigenvalue weighted by atomic mass is 16.5. The number of hydrogen-bond acceptors (Lipinski definition) is 3. The minimum atomic E-state index is -0.0618. The number of phenolic OH excluding ortho intramolecular Hbond substituents is 1. The molecule has 0 unspecified atom stereocenters. The summed E-state index contributed by atoms with van der Waals surface area (Å²) in [5.74, 6) is 0.0352. The molecule has 3 nitrogen and oxygen atoms in total. The summed E-state index contributed by atoms with van der Waals surface area (Å²) in [5.41, 5.74) is 1.31. The number of Topliss-reactive ketones (excluding diaryl/α,β-unsaturated/α-hetero) is 1. The highest BCUT2D eigenvalue weighted by molar-refractivity contribution is 5.94. The summed E-state index contributed by atoms with van der Waals surface area (Å²) in [6.07, 6.45) is 0. The van der Waals surface area contributed by atoms with E-state index in [1.165, 1.54) is 13.0 Å². The fraction of sp³-hybridized carbons (Fsp3) is 0.300. The third-order valence-corrected chi connectivity index (χ3v) is 1.70. The van der Waals surface area contributed by atoms with Gasteiger partial charge in [0.25, 0.3) is 0 Å². The maximum absolute atomic E-state index is 11.0. The third kappa shape index (κ3) is 2.56. The van der Waals surface area contributed by atoms with Crippen LogP contribution in [0, 0.1) is 0 Å². The van der Waals surface area contributed by atoms with Crippen molar-refractivity contribution in [2.45, 2.75) is 13.5 Å². The molecule has 1 rings (SSSR count). The molecular weight excluding hydrogens is 168 g/mol. The van der Waals surface area contributed by atoms with Crippen LogP contribution in [0.15, 0.2) is 18.2 Å². The molecule has 1 N–H and O–H groups in total. The predicted molar refractivity (Wildman–Crippen MR) is 48.8 cm³/mol. The molecule has 13 heavy (non-hydrogen) atoms. The van der Waals surface area contributed by atoms with Crippen molar-refractivity contribution in [1.29, 1.82) is 0 Å². The lowest BCUT2D eigenvalue weighted by Crippen LogP contribution is -1.95. The Labute approximate surface area is 77.0 Å². The highest BCUT2D eigenvalue weighted by Gasteiger charge is 2.03. The molecular formula is C10H12O3.